The van der Waals surface area contributed by atoms with Crippen LogP contribution in [0.3, 0.4) is 0 Å². The van der Waals surface area contributed by atoms with Crippen LogP contribution in [-0.2, 0) is 0 Å². The van der Waals surface area contributed by atoms with Gasteiger partial charge in [0.15, 0.2) is 17.3 Å². The van der Waals surface area contributed by atoms with Gasteiger partial charge in [0.1, 0.15) is 6.61 Å². The lowest BCUT2D eigenvalue weighted by Gasteiger charge is -2.17. The van der Waals surface area contributed by atoms with Crippen molar-refractivity contribution in [2.45, 2.75) is 20.8 Å². The van der Waals surface area contributed by atoms with Gasteiger partial charge in [-0.05, 0) is 32.9 Å². The SMILES string of the molecule is CCOc1c(OCCO)ccc(C(C)=O)c1OCC. The van der Waals surface area contributed by atoms with Crippen LogP contribution in [0.15, 0.2) is 12.1 Å². The molecule has 0 aromatic heterocycles. The highest BCUT2D eigenvalue weighted by molar-refractivity contribution is 5.98. The highest BCUT2D eigenvalue weighted by Crippen LogP contribution is 2.40. The standard InChI is InChI=1S/C14H20O5/c1-4-17-13-11(10(3)16)6-7-12(19-9-8-15)14(13)18-5-2/h6-7,15H,4-5,8-9H2,1-3H3. The molecule has 0 aliphatic rings. The molecule has 5 nitrogen and oxygen atoms in total. The van der Waals surface area contributed by atoms with Crippen LogP contribution in [-0.4, -0.2) is 37.3 Å². The summed E-state index contributed by atoms with van der Waals surface area (Å²) in [6.45, 7) is 6.06. The minimum Gasteiger partial charge on any atom is -0.489 e. The van der Waals surface area contributed by atoms with Crippen LogP contribution in [0, 0.1) is 0 Å². The molecule has 0 atom stereocenters. The van der Waals surface area contributed by atoms with Crippen LogP contribution in [0.25, 0.3) is 0 Å². The normalized spacial score (nSPS) is 10.1. The number of carbonyl (C=O) groups is 1. The van der Waals surface area contributed by atoms with E-state index in [1.807, 2.05) is 13.8 Å². The molecule has 0 unspecified atom stereocenters. The highest BCUT2D eigenvalue weighted by Gasteiger charge is 2.19. The molecule has 0 radical (unpaired) electrons. The summed E-state index contributed by atoms with van der Waals surface area (Å²) in [5, 5.41) is 8.81. The molecule has 0 aliphatic heterocycles. The molecular formula is C14H20O5. The van der Waals surface area contributed by atoms with Crippen molar-refractivity contribution in [2.75, 3.05) is 26.4 Å². The third-order valence-electron chi connectivity index (χ3n) is 2.38. The summed E-state index contributed by atoms with van der Waals surface area (Å²) in [5.41, 5.74) is 0.460. The van der Waals surface area contributed by atoms with Crippen molar-refractivity contribution >= 4 is 5.78 Å². The zero-order valence-electron chi connectivity index (χ0n) is 11.6. The van der Waals surface area contributed by atoms with Crippen LogP contribution in [0.1, 0.15) is 31.1 Å². The number of ketones is 1. The van der Waals surface area contributed by atoms with Gasteiger partial charge in [-0.25, -0.2) is 0 Å². The van der Waals surface area contributed by atoms with Crippen LogP contribution < -0.4 is 14.2 Å². The Labute approximate surface area is 113 Å². The summed E-state index contributed by atoms with van der Waals surface area (Å²) in [5.74, 6) is 1.17. The zero-order chi connectivity index (χ0) is 14.3. The smallest absolute Gasteiger partial charge is 0.204 e. The van der Waals surface area contributed by atoms with Gasteiger partial charge < -0.3 is 19.3 Å². The molecule has 1 aromatic carbocycles. The van der Waals surface area contributed by atoms with Crippen molar-refractivity contribution < 1.29 is 24.1 Å². The van der Waals surface area contributed by atoms with E-state index in [0.29, 0.717) is 36.0 Å². The molecule has 0 saturated heterocycles. The molecule has 1 rings (SSSR count). The molecular weight excluding hydrogens is 248 g/mol. The Balaban J connectivity index is 3.26. The second-order valence-corrected chi connectivity index (χ2v) is 3.76. The maximum atomic E-state index is 11.6. The maximum absolute atomic E-state index is 11.6. The third-order valence-corrected chi connectivity index (χ3v) is 2.38. The molecule has 19 heavy (non-hydrogen) atoms. The zero-order valence-corrected chi connectivity index (χ0v) is 11.6. The minimum absolute atomic E-state index is 0.0933. The quantitative estimate of drug-likeness (QED) is 0.731. The summed E-state index contributed by atoms with van der Waals surface area (Å²) in [4.78, 5) is 11.6. The maximum Gasteiger partial charge on any atom is 0.204 e. The summed E-state index contributed by atoms with van der Waals surface area (Å²) in [6, 6.07) is 3.29. The predicted octanol–water partition coefficient (Wildman–Crippen LogP) is 2.06. The van der Waals surface area contributed by atoms with Gasteiger partial charge in [0, 0.05) is 0 Å². The van der Waals surface area contributed by atoms with Crippen molar-refractivity contribution in [3.8, 4) is 17.2 Å². The van der Waals surface area contributed by atoms with Crippen molar-refractivity contribution in [3.05, 3.63) is 17.7 Å². The van der Waals surface area contributed by atoms with Gasteiger partial charge in [-0.15, -0.1) is 0 Å². The number of hydrogen-bond donors (Lipinski definition) is 1. The topological polar surface area (TPSA) is 65.0 Å². The number of aliphatic hydroxyl groups excluding tert-OH is 1. The molecule has 0 spiro atoms. The van der Waals surface area contributed by atoms with Gasteiger partial charge in [-0.1, -0.05) is 0 Å². The van der Waals surface area contributed by atoms with Crippen LogP contribution in [0.5, 0.6) is 17.2 Å². The Bertz CT molecular complexity index is 428. The Hall–Kier alpha value is -1.75. The first kappa shape index (κ1) is 15.3. The lowest BCUT2D eigenvalue weighted by atomic mass is 10.1. The summed E-state index contributed by atoms with van der Waals surface area (Å²) < 4.78 is 16.4. The van der Waals surface area contributed by atoms with Gasteiger partial charge in [0.2, 0.25) is 5.75 Å². The average Bonchev–Trinajstić information content (AvgIpc) is 2.39. The predicted molar refractivity (Wildman–Crippen MR) is 71.4 cm³/mol. The number of rotatable bonds is 8. The highest BCUT2D eigenvalue weighted by atomic mass is 16.5. The number of hydrogen-bond acceptors (Lipinski definition) is 5. The molecule has 0 bridgehead atoms. The van der Waals surface area contributed by atoms with E-state index >= 15 is 0 Å². The molecule has 0 aliphatic carbocycles. The van der Waals surface area contributed by atoms with Crippen molar-refractivity contribution in [1.82, 2.24) is 0 Å². The van der Waals surface area contributed by atoms with Gasteiger partial charge in [-0.2, -0.15) is 0 Å². The molecule has 1 aromatic rings. The van der Waals surface area contributed by atoms with Gasteiger partial charge in [0.05, 0.1) is 25.4 Å². The molecule has 5 heteroatoms. The lowest BCUT2D eigenvalue weighted by Crippen LogP contribution is -2.08. The monoisotopic (exact) mass is 268 g/mol. The molecule has 106 valence electrons. The van der Waals surface area contributed by atoms with Crippen LogP contribution >= 0.6 is 0 Å². The van der Waals surface area contributed by atoms with Crippen molar-refractivity contribution in [3.63, 3.8) is 0 Å². The Morgan fingerprint density at radius 1 is 1.11 bits per heavy atom. The number of aliphatic hydroxyl groups is 1. The Morgan fingerprint density at radius 3 is 2.26 bits per heavy atom. The van der Waals surface area contributed by atoms with E-state index in [0.717, 1.165) is 0 Å². The fourth-order valence-corrected chi connectivity index (χ4v) is 1.66. The number of Topliss-reactive ketones (excluding diaryl/α,β-unsaturated/α-hetero) is 1. The second kappa shape index (κ2) is 7.63. The average molecular weight is 268 g/mol. The fourth-order valence-electron chi connectivity index (χ4n) is 1.66. The molecule has 1 N–H and O–H groups in total. The minimum atomic E-state index is -0.0990. The van der Waals surface area contributed by atoms with Gasteiger partial charge in [0.25, 0.3) is 0 Å². The molecule has 0 fully saturated rings. The van der Waals surface area contributed by atoms with E-state index in [4.69, 9.17) is 19.3 Å². The lowest BCUT2D eigenvalue weighted by molar-refractivity contribution is 0.101. The first-order chi connectivity index (χ1) is 9.15. The van der Waals surface area contributed by atoms with E-state index in [1.54, 1.807) is 12.1 Å². The Kier molecular flexibility index (Phi) is 6.15. The van der Waals surface area contributed by atoms with E-state index < -0.39 is 0 Å². The van der Waals surface area contributed by atoms with Gasteiger partial charge >= 0.3 is 0 Å². The van der Waals surface area contributed by atoms with Crippen LogP contribution in [0.4, 0.5) is 0 Å². The fraction of sp³-hybridized carbons (Fsp3) is 0.500. The van der Waals surface area contributed by atoms with Crippen molar-refractivity contribution in [2.24, 2.45) is 0 Å². The van der Waals surface area contributed by atoms with Crippen molar-refractivity contribution in [1.29, 1.82) is 0 Å². The molecule has 0 amide bonds. The van der Waals surface area contributed by atoms with Crippen LogP contribution in [0.2, 0.25) is 0 Å². The first-order valence-corrected chi connectivity index (χ1v) is 6.32. The van der Waals surface area contributed by atoms with E-state index in [-0.39, 0.29) is 19.0 Å². The molecule has 0 heterocycles. The number of ether oxygens (including phenoxy) is 3. The largest absolute Gasteiger partial charge is 0.489 e. The molecule has 0 saturated carbocycles. The second-order valence-electron chi connectivity index (χ2n) is 3.76. The Morgan fingerprint density at radius 2 is 1.74 bits per heavy atom. The third kappa shape index (κ3) is 3.86. The van der Waals surface area contributed by atoms with E-state index in [1.165, 1.54) is 6.92 Å². The van der Waals surface area contributed by atoms with E-state index in [2.05, 4.69) is 0 Å². The van der Waals surface area contributed by atoms with E-state index in [9.17, 15) is 4.79 Å². The summed E-state index contributed by atoms with van der Waals surface area (Å²) in [7, 11) is 0. The summed E-state index contributed by atoms with van der Waals surface area (Å²) >= 11 is 0. The number of carbonyl (C=O) groups excluding carboxylic acids is 1. The van der Waals surface area contributed by atoms with Gasteiger partial charge in [-0.3, -0.25) is 4.79 Å². The summed E-state index contributed by atoms with van der Waals surface area (Å²) in [6.07, 6.45) is 0. The number of benzene rings is 1. The first-order valence-electron chi connectivity index (χ1n) is 6.32.